The van der Waals surface area contributed by atoms with Crippen molar-refractivity contribution >= 4 is 17.4 Å². The van der Waals surface area contributed by atoms with Crippen LogP contribution in [0.3, 0.4) is 0 Å². The molecule has 0 atom stereocenters. The second-order valence-electron chi connectivity index (χ2n) is 4.26. The first-order chi connectivity index (χ1) is 9.19. The highest BCUT2D eigenvalue weighted by Crippen LogP contribution is 2.19. The topological polar surface area (TPSA) is 34.1 Å². The number of aromatic nitrogens is 1. The quantitative estimate of drug-likeness (QED) is 0.894. The van der Waals surface area contributed by atoms with E-state index in [4.69, 9.17) is 16.3 Å². The van der Waals surface area contributed by atoms with Crippen LogP contribution in [0.4, 0.5) is 5.82 Å². The molecule has 0 aliphatic rings. The Balaban J connectivity index is 2.05. The smallest absolute Gasteiger partial charge is 0.132 e. The maximum absolute atomic E-state index is 6.12. The summed E-state index contributed by atoms with van der Waals surface area (Å²) in [4.78, 5) is 4.43. The monoisotopic (exact) mass is 276 g/mol. The molecule has 0 aliphatic heterocycles. The number of anilines is 1. The number of hydrogen-bond acceptors (Lipinski definition) is 3. The fourth-order valence-corrected chi connectivity index (χ4v) is 1.81. The molecule has 1 heterocycles. The number of hydrogen-bond donors (Lipinski definition) is 1. The summed E-state index contributed by atoms with van der Waals surface area (Å²) in [5.41, 5.74) is 1.94. The summed E-state index contributed by atoms with van der Waals surface area (Å²) in [5, 5.41) is 3.77. The Bertz CT molecular complexity index is 540. The molecule has 2 aromatic rings. The van der Waals surface area contributed by atoms with Crippen LogP contribution in [0, 0.1) is 6.92 Å². The van der Waals surface area contributed by atoms with Gasteiger partial charge in [0.15, 0.2) is 0 Å². The molecule has 1 N–H and O–H groups in total. The lowest BCUT2D eigenvalue weighted by Gasteiger charge is -2.09. The van der Waals surface area contributed by atoms with E-state index in [1.54, 1.807) is 0 Å². The summed E-state index contributed by atoms with van der Waals surface area (Å²) in [6, 6.07) is 11.6. The molecular weight excluding hydrogens is 260 g/mol. The number of aryl methyl sites for hydroxylation is 1. The third-order valence-corrected chi connectivity index (χ3v) is 3.02. The van der Waals surface area contributed by atoms with E-state index >= 15 is 0 Å². The lowest BCUT2D eigenvalue weighted by atomic mass is 10.2. The summed E-state index contributed by atoms with van der Waals surface area (Å²) >= 11 is 6.12. The molecule has 0 saturated heterocycles. The van der Waals surface area contributed by atoms with Gasteiger partial charge in [-0.3, -0.25) is 0 Å². The molecule has 1 aromatic carbocycles. The van der Waals surface area contributed by atoms with Crippen LogP contribution in [0.1, 0.15) is 18.2 Å². The Morgan fingerprint density at radius 3 is 2.58 bits per heavy atom. The van der Waals surface area contributed by atoms with Crippen molar-refractivity contribution in [2.45, 2.75) is 20.5 Å². The van der Waals surface area contributed by atoms with Crippen LogP contribution in [-0.4, -0.2) is 11.5 Å². The summed E-state index contributed by atoms with van der Waals surface area (Å²) in [6.07, 6.45) is 0. The Morgan fingerprint density at radius 2 is 1.89 bits per heavy atom. The average molecular weight is 277 g/mol. The number of pyridine rings is 1. The molecular formula is C15H17ClN2O. The van der Waals surface area contributed by atoms with E-state index < -0.39 is 0 Å². The van der Waals surface area contributed by atoms with Gasteiger partial charge in [-0.15, -0.1) is 0 Å². The molecule has 0 aliphatic carbocycles. The molecule has 1 aromatic heterocycles. The third kappa shape index (κ3) is 3.86. The van der Waals surface area contributed by atoms with Crippen LogP contribution in [0.5, 0.6) is 5.75 Å². The Hall–Kier alpha value is -1.74. The average Bonchev–Trinajstić information content (AvgIpc) is 2.41. The van der Waals surface area contributed by atoms with Crippen LogP contribution < -0.4 is 10.1 Å². The normalized spacial score (nSPS) is 10.3. The Kier molecular flexibility index (Phi) is 4.63. The van der Waals surface area contributed by atoms with Gasteiger partial charge in [-0.05, 0) is 38.1 Å². The number of rotatable bonds is 5. The highest BCUT2D eigenvalue weighted by molar-refractivity contribution is 6.31. The van der Waals surface area contributed by atoms with Gasteiger partial charge < -0.3 is 10.1 Å². The van der Waals surface area contributed by atoms with Crippen LogP contribution >= 0.6 is 11.6 Å². The predicted molar refractivity (Wildman–Crippen MR) is 78.9 cm³/mol. The molecule has 0 amide bonds. The van der Waals surface area contributed by atoms with E-state index in [0.29, 0.717) is 11.6 Å². The van der Waals surface area contributed by atoms with Crippen LogP contribution in [0.2, 0.25) is 5.02 Å². The lowest BCUT2D eigenvalue weighted by Crippen LogP contribution is -2.04. The van der Waals surface area contributed by atoms with Gasteiger partial charge in [0.1, 0.15) is 18.2 Å². The predicted octanol–water partition coefficient (Wildman–Crippen LogP) is 4.05. The number of ether oxygens (including phenoxy) is 1. The van der Waals surface area contributed by atoms with Gasteiger partial charge in [-0.25, -0.2) is 4.98 Å². The van der Waals surface area contributed by atoms with Gasteiger partial charge >= 0.3 is 0 Å². The van der Waals surface area contributed by atoms with Gasteiger partial charge in [0, 0.05) is 6.54 Å². The second kappa shape index (κ2) is 6.43. The first kappa shape index (κ1) is 13.7. The number of benzene rings is 1. The second-order valence-corrected chi connectivity index (χ2v) is 4.66. The molecule has 3 nitrogen and oxygen atoms in total. The van der Waals surface area contributed by atoms with Crippen LogP contribution in [0.15, 0.2) is 36.4 Å². The maximum Gasteiger partial charge on any atom is 0.132 e. The van der Waals surface area contributed by atoms with Crippen molar-refractivity contribution in [3.05, 3.63) is 52.7 Å². The first-order valence-corrected chi connectivity index (χ1v) is 6.65. The minimum atomic E-state index is 0.362. The van der Waals surface area contributed by atoms with E-state index in [-0.39, 0.29) is 0 Å². The van der Waals surface area contributed by atoms with Gasteiger partial charge in [0.25, 0.3) is 0 Å². The van der Waals surface area contributed by atoms with Crippen molar-refractivity contribution in [2.24, 2.45) is 0 Å². The van der Waals surface area contributed by atoms with Crippen molar-refractivity contribution in [3.8, 4) is 5.75 Å². The number of nitrogens with zero attached hydrogens (tertiary/aromatic N) is 1. The van der Waals surface area contributed by atoms with E-state index in [0.717, 1.165) is 23.8 Å². The van der Waals surface area contributed by atoms with E-state index in [1.807, 2.05) is 50.2 Å². The van der Waals surface area contributed by atoms with E-state index in [9.17, 15) is 0 Å². The molecule has 4 heteroatoms. The van der Waals surface area contributed by atoms with Crippen molar-refractivity contribution in [1.82, 2.24) is 4.98 Å². The van der Waals surface area contributed by atoms with Crippen molar-refractivity contribution in [2.75, 3.05) is 11.9 Å². The molecule has 19 heavy (non-hydrogen) atoms. The molecule has 0 radical (unpaired) electrons. The van der Waals surface area contributed by atoms with Gasteiger partial charge in [0.05, 0.1) is 10.7 Å². The van der Waals surface area contributed by atoms with E-state index in [1.165, 1.54) is 5.56 Å². The molecule has 0 fully saturated rings. The lowest BCUT2D eigenvalue weighted by molar-refractivity contribution is 0.301. The molecule has 2 rings (SSSR count). The third-order valence-electron chi connectivity index (χ3n) is 2.67. The van der Waals surface area contributed by atoms with Crippen molar-refractivity contribution in [1.29, 1.82) is 0 Å². The Morgan fingerprint density at radius 1 is 1.16 bits per heavy atom. The zero-order valence-corrected chi connectivity index (χ0v) is 11.9. The molecule has 100 valence electrons. The largest absolute Gasteiger partial charge is 0.487 e. The molecule has 0 saturated carbocycles. The Labute approximate surface area is 118 Å². The minimum Gasteiger partial charge on any atom is -0.487 e. The molecule has 0 bridgehead atoms. The highest BCUT2D eigenvalue weighted by Gasteiger charge is 2.05. The number of halogens is 1. The van der Waals surface area contributed by atoms with E-state index in [2.05, 4.69) is 10.3 Å². The summed E-state index contributed by atoms with van der Waals surface area (Å²) in [6.45, 7) is 5.26. The fourth-order valence-electron chi connectivity index (χ4n) is 1.65. The van der Waals surface area contributed by atoms with Crippen LogP contribution in [0.25, 0.3) is 0 Å². The SMILES string of the molecule is CCNc1ccc(Cl)c(COc2ccc(C)cc2)n1. The van der Waals surface area contributed by atoms with Gasteiger partial charge in [-0.2, -0.15) is 0 Å². The zero-order valence-electron chi connectivity index (χ0n) is 11.1. The van der Waals surface area contributed by atoms with Gasteiger partial charge in [0.2, 0.25) is 0 Å². The minimum absolute atomic E-state index is 0.362. The van der Waals surface area contributed by atoms with Gasteiger partial charge in [-0.1, -0.05) is 29.3 Å². The summed E-state index contributed by atoms with van der Waals surface area (Å²) in [5.74, 6) is 1.63. The summed E-state index contributed by atoms with van der Waals surface area (Å²) < 4.78 is 5.69. The van der Waals surface area contributed by atoms with Crippen molar-refractivity contribution < 1.29 is 4.74 Å². The summed E-state index contributed by atoms with van der Waals surface area (Å²) in [7, 11) is 0. The molecule has 0 spiro atoms. The van der Waals surface area contributed by atoms with Crippen molar-refractivity contribution in [3.63, 3.8) is 0 Å². The van der Waals surface area contributed by atoms with Crippen LogP contribution in [-0.2, 0) is 6.61 Å². The first-order valence-electron chi connectivity index (χ1n) is 6.28. The standard InChI is InChI=1S/C15H17ClN2O/c1-3-17-15-9-8-13(16)14(18-15)10-19-12-6-4-11(2)5-7-12/h4-9H,3,10H2,1-2H3,(H,17,18). The zero-order chi connectivity index (χ0) is 13.7. The fraction of sp³-hybridized carbons (Fsp3) is 0.267. The highest BCUT2D eigenvalue weighted by atomic mass is 35.5. The number of nitrogens with one attached hydrogen (secondary N) is 1. The molecule has 0 unspecified atom stereocenters. The maximum atomic E-state index is 6.12.